The third-order valence-corrected chi connectivity index (χ3v) is 6.56. The summed E-state index contributed by atoms with van der Waals surface area (Å²) in [6.07, 6.45) is 2.55. The van der Waals surface area contributed by atoms with Crippen LogP contribution in [0.25, 0.3) is 0 Å². The van der Waals surface area contributed by atoms with E-state index in [4.69, 9.17) is 0 Å². The minimum absolute atomic E-state index is 0.0653. The van der Waals surface area contributed by atoms with Gasteiger partial charge in [-0.15, -0.1) is 16.4 Å². The maximum atomic E-state index is 13.3. The van der Waals surface area contributed by atoms with E-state index >= 15 is 0 Å². The van der Waals surface area contributed by atoms with Gasteiger partial charge in [0.1, 0.15) is 6.04 Å². The molecule has 3 aromatic rings. The Bertz CT molecular complexity index is 968. The number of carbonyl (C=O) groups excluding carboxylic acids is 2. The van der Waals surface area contributed by atoms with Crippen LogP contribution >= 0.6 is 22.9 Å². The first-order chi connectivity index (χ1) is 14.1. The van der Waals surface area contributed by atoms with E-state index in [9.17, 15) is 9.59 Å². The molecule has 8 heteroatoms. The molecule has 2 amide bonds. The molecule has 29 heavy (non-hydrogen) atoms. The summed E-state index contributed by atoms with van der Waals surface area (Å²) in [4.78, 5) is 29.1. The SMILES string of the molecule is Cc1ccsc1C(C(=O)NCCc1ccccc1)N(C(=O)c1csnn1)C1CC1. The van der Waals surface area contributed by atoms with Gasteiger partial charge in [-0.1, -0.05) is 34.8 Å². The highest BCUT2D eigenvalue weighted by Crippen LogP contribution is 2.38. The Morgan fingerprint density at radius 1 is 1.24 bits per heavy atom. The molecule has 1 aliphatic carbocycles. The van der Waals surface area contributed by atoms with Gasteiger partial charge in [0.15, 0.2) is 5.69 Å². The number of nitrogens with one attached hydrogen (secondary N) is 1. The van der Waals surface area contributed by atoms with E-state index in [-0.39, 0.29) is 17.9 Å². The molecule has 1 aromatic carbocycles. The van der Waals surface area contributed by atoms with Gasteiger partial charge in [0.25, 0.3) is 5.91 Å². The minimum atomic E-state index is -0.646. The Morgan fingerprint density at radius 3 is 2.66 bits per heavy atom. The normalized spacial score (nSPS) is 14.4. The summed E-state index contributed by atoms with van der Waals surface area (Å²) < 4.78 is 3.82. The molecule has 6 nitrogen and oxygen atoms in total. The van der Waals surface area contributed by atoms with Gasteiger partial charge in [-0.3, -0.25) is 9.59 Å². The van der Waals surface area contributed by atoms with E-state index < -0.39 is 6.04 Å². The van der Waals surface area contributed by atoms with Crippen LogP contribution in [0.3, 0.4) is 0 Å². The Morgan fingerprint density at radius 2 is 2.03 bits per heavy atom. The maximum Gasteiger partial charge on any atom is 0.276 e. The molecule has 1 unspecified atom stereocenters. The first-order valence-corrected chi connectivity index (χ1v) is 11.3. The fourth-order valence-corrected chi connectivity index (χ4v) is 4.80. The molecule has 150 valence electrons. The highest BCUT2D eigenvalue weighted by Gasteiger charge is 2.43. The lowest BCUT2D eigenvalue weighted by molar-refractivity contribution is -0.126. The molecular formula is C21H22N4O2S2. The van der Waals surface area contributed by atoms with Crippen molar-refractivity contribution in [2.24, 2.45) is 0 Å². The molecular weight excluding hydrogens is 404 g/mol. The zero-order chi connectivity index (χ0) is 20.2. The van der Waals surface area contributed by atoms with Crippen molar-refractivity contribution in [1.82, 2.24) is 19.8 Å². The highest BCUT2D eigenvalue weighted by atomic mass is 32.1. The summed E-state index contributed by atoms with van der Waals surface area (Å²) in [7, 11) is 0. The average Bonchev–Trinajstić information content (AvgIpc) is 3.23. The number of hydrogen-bond acceptors (Lipinski definition) is 6. The van der Waals surface area contributed by atoms with E-state index in [1.165, 1.54) is 16.9 Å². The number of thiophene rings is 1. The van der Waals surface area contributed by atoms with E-state index in [2.05, 4.69) is 14.9 Å². The van der Waals surface area contributed by atoms with Crippen LogP contribution < -0.4 is 5.32 Å². The van der Waals surface area contributed by atoms with Crippen molar-refractivity contribution < 1.29 is 9.59 Å². The Kier molecular flexibility index (Phi) is 6.01. The van der Waals surface area contributed by atoms with Crippen LogP contribution in [0, 0.1) is 6.92 Å². The van der Waals surface area contributed by atoms with Crippen LogP contribution in [-0.2, 0) is 11.2 Å². The predicted octanol–water partition coefficient (Wildman–Crippen LogP) is 3.61. The molecule has 2 heterocycles. The largest absolute Gasteiger partial charge is 0.354 e. The Hall–Kier alpha value is -2.58. The fraction of sp³-hybridized carbons (Fsp3) is 0.333. The van der Waals surface area contributed by atoms with Gasteiger partial charge in [-0.25, -0.2) is 0 Å². The summed E-state index contributed by atoms with van der Waals surface area (Å²) in [6.45, 7) is 2.50. The van der Waals surface area contributed by atoms with Crippen LogP contribution in [0.4, 0.5) is 0 Å². The van der Waals surface area contributed by atoms with Gasteiger partial charge in [-0.2, -0.15) is 0 Å². The summed E-state index contributed by atoms with van der Waals surface area (Å²) in [6, 6.07) is 11.5. The number of aromatic nitrogens is 2. The monoisotopic (exact) mass is 426 g/mol. The molecule has 4 rings (SSSR count). The number of nitrogens with zero attached hydrogens (tertiary/aromatic N) is 3. The first-order valence-electron chi connectivity index (χ1n) is 9.60. The lowest BCUT2D eigenvalue weighted by atomic mass is 10.1. The minimum Gasteiger partial charge on any atom is -0.354 e. The lowest BCUT2D eigenvalue weighted by Gasteiger charge is -2.30. The molecule has 0 spiro atoms. The number of amides is 2. The predicted molar refractivity (Wildman–Crippen MR) is 114 cm³/mol. The van der Waals surface area contributed by atoms with Gasteiger partial charge in [-0.05, 0) is 60.3 Å². The van der Waals surface area contributed by atoms with Crippen molar-refractivity contribution in [1.29, 1.82) is 0 Å². The smallest absolute Gasteiger partial charge is 0.276 e. The van der Waals surface area contributed by atoms with Crippen LogP contribution in [0.5, 0.6) is 0 Å². The van der Waals surface area contributed by atoms with Gasteiger partial charge in [0, 0.05) is 22.8 Å². The van der Waals surface area contributed by atoms with Crippen molar-refractivity contribution >= 4 is 34.7 Å². The van der Waals surface area contributed by atoms with Gasteiger partial charge >= 0.3 is 0 Å². The summed E-state index contributed by atoms with van der Waals surface area (Å²) >= 11 is 2.66. The fourth-order valence-electron chi connectivity index (χ4n) is 3.34. The van der Waals surface area contributed by atoms with Crippen LogP contribution in [-0.4, -0.2) is 38.9 Å². The van der Waals surface area contributed by atoms with Gasteiger partial charge in [0.2, 0.25) is 5.91 Å². The number of rotatable bonds is 8. The van der Waals surface area contributed by atoms with E-state index in [1.54, 1.807) is 10.3 Å². The summed E-state index contributed by atoms with van der Waals surface area (Å²) in [5.74, 6) is -0.368. The molecule has 1 N–H and O–H groups in total. The van der Waals surface area contributed by atoms with Crippen LogP contribution in [0.15, 0.2) is 47.2 Å². The standard InChI is InChI=1S/C21H22N4O2S2/c1-14-10-12-28-19(14)18(20(26)22-11-9-15-5-3-2-4-6-15)25(16-7-8-16)21(27)17-13-29-24-23-17/h2-6,10,12-13,16,18H,7-9,11H2,1H3,(H,22,26). The molecule has 0 bridgehead atoms. The average molecular weight is 427 g/mol. The van der Waals surface area contributed by atoms with Crippen molar-refractivity contribution in [3.8, 4) is 0 Å². The van der Waals surface area contributed by atoms with E-state index in [1.807, 2.05) is 48.7 Å². The number of benzene rings is 1. The van der Waals surface area contributed by atoms with Crippen molar-refractivity contribution in [2.45, 2.75) is 38.3 Å². The molecule has 2 aromatic heterocycles. The summed E-state index contributed by atoms with van der Waals surface area (Å²) in [5.41, 5.74) is 2.49. The molecule has 1 saturated carbocycles. The summed E-state index contributed by atoms with van der Waals surface area (Å²) in [5, 5.41) is 10.6. The molecule has 1 atom stereocenters. The quantitative estimate of drug-likeness (QED) is 0.597. The van der Waals surface area contributed by atoms with Crippen LogP contribution in [0.2, 0.25) is 0 Å². The second-order valence-corrected chi connectivity index (χ2v) is 8.69. The molecule has 1 aliphatic rings. The molecule has 0 radical (unpaired) electrons. The van der Waals surface area contributed by atoms with Crippen LogP contribution in [0.1, 0.15) is 45.4 Å². The number of hydrogen-bond donors (Lipinski definition) is 1. The topological polar surface area (TPSA) is 75.2 Å². The number of carbonyl (C=O) groups is 2. The van der Waals surface area contributed by atoms with Crippen molar-refractivity contribution in [3.05, 3.63) is 68.9 Å². The second-order valence-electron chi connectivity index (χ2n) is 7.13. The third-order valence-electron chi connectivity index (χ3n) is 4.99. The molecule has 0 aliphatic heterocycles. The zero-order valence-electron chi connectivity index (χ0n) is 16.1. The second kappa shape index (κ2) is 8.84. The van der Waals surface area contributed by atoms with Gasteiger partial charge in [0.05, 0.1) is 0 Å². The van der Waals surface area contributed by atoms with Gasteiger partial charge < -0.3 is 10.2 Å². The van der Waals surface area contributed by atoms with E-state index in [0.29, 0.717) is 12.2 Å². The number of aryl methyl sites for hydroxylation is 1. The van der Waals surface area contributed by atoms with E-state index in [0.717, 1.165) is 41.2 Å². The zero-order valence-corrected chi connectivity index (χ0v) is 17.7. The first kappa shape index (κ1) is 19.7. The molecule has 0 saturated heterocycles. The Labute approximate surface area is 177 Å². The maximum absolute atomic E-state index is 13.3. The van der Waals surface area contributed by atoms with Crippen molar-refractivity contribution in [2.75, 3.05) is 6.54 Å². The Balaban J connectivity index is 1.56. The molecule has 1 fully saturated rings. The third kappa shape index (κ3) is 4.54. The highest BCUT2D eigenvalue weighted by molar-refractivity contribution is 7.10. The van der Waals surface area contributed by atoms with Crippen molar-refractivity contribution in [3.63, 3.8) is 0 Å². The lowest BCUT2D eigenvalue weighted by Crippen LogP contribution is -2.45.